The highest BCUT2D eigenvalue weighted by Gasteiger charge is 2.03. The number of nitrogens with one attached hydrogen (secondary N) is 1. The minimum atomic E-state index is -0.111. The summed E-state index contributed by atoms with van der Waals surface area (Å²) >= 11 is 0. The molecule has 0 amide bonds. The number of rotatable bonds is 3. The van der Waals surface area contributed by atoms with Gasteiger partial charge in [-0.25, -0.2) is 4.79 Å². The standard InChI is InChI=1S/C10H12N2O2/c13-7-3-6-12-9-5-2-1-4-8(9)11-10(12)14/h1-2,4-5,13H,3,6-7H2,(H,11,14). The molecule has 1 aromatic carbocycles. The van der Waals surface area contributed by atoms with Crippen LogP contribution in [0, 0.1) is 0 Å². The summed E-state index contributed by atoms with van der Waals surface area (Å²) in [4.78, 5) is 14.2. The van der Waals surface area contributed by atoms with E-state index in [0.717, 1.165) is 11.0 Å². The summed E-state index contributed by atoms with van der Waals surface area (Å²) in [7, 11) is 0. The third kappa shape index (κ3) is 1.44. The molecule has 0 aliphatic rings. The molecule has 0 aliphatic carbocycles. The van der Waals surface area contributed by atoms with Crippen LogP contribution >= 0.6 is 0 Å². The van der Waals surface area contributed by atoms with Gasteiger partial charge in [-0.15, -0.1) is 0 Å². The van der Waals surface area contributed by atoms with Crippen molar-refractivity contribution in [2.24, 2.45) is 0 Å². The van der Waals surface area contributed by atoms with Crippen LogP contribution in [0.1, 0.15) is 6.42 Å². The topological polar surface area (TPSA) is 58.0 Å². The number of aliphatic hydroxyl groups excluding tert-OH is 1. The Kier molecular flexibility index (Phi) is 2.37. The number of aromatic nitrogens is 2. The number of aromatic amines is 1. The molecule has 0 aliphatic heterocycles. The zero-order chi connectivity index (χ0) is 9.97. The smallest absolute Gasteiger partial charge is 0.326 e. The van der Waals surface area contributed by atoms with Gasteiger partial charge in [-0.1, -0.05) is 12.1 Å². The number of hydrogen-bond acceptors (Lipinski definition) is 2. The molecule has 2 rings (SSSR count). The number of aryl methyl sites for hydroxylation is 1. The molecule has 0 bridgehead atoms. The number of nitrogens with zero attached hydrogens (tertiary/aromatic N) is 1. The summed E-state index contributed by atoms with van der Waals surface area (Å²) in [5.41, 5.74) is 1.63. The number of hydrogen-bond donors (Lipinski definition) is 2. The first kappa shape index (κ1) is 9.02. The van der Waals surface area contributed by atoms with Crippen molar-refractivity contribution in [2.45, 2.75) is 13.0 Å². The summed E-state index contributed by atoms with van der Waals surface area (Å²) in [6.45, 7) is 0.658. The van der Waals surface area contributed by atoms with Gasteiger partial charge >= 0.3 is 5.69 Å². The molecule has 0 saturated carbocycles. The molecule has 2 N–H and O–H groups in total. The van der Waals surface area contributed by atoms with Crippen molar-refractivity contribution >= 4 is 11.0 Å². The zero-order valence-corrected chi connectivity index (χ0v) is 7.73. The van der Waals surface area contributed by atoms with Gasteiger partial charge in [-0.05, 0) is 18.6 Å². The van der Waals surface area contributed by atoms with E-state index in [9.17, 15) is 4.79 Å². The lowest BCUT2D eigenvalue weighted by molar-refractivity contribution is 0.280. The molecule has 14 heavy (non-hydrogen) atoms. The number of benzene rings is 1. The second-order valence-electron chi connectivity index (χ2n) is 3.18. The van der Waals surface area contributed by atoms with Gasteiger partial charge < -0.3 is 10.1 Å². The van der Waals surface area contributed by atoms with Crippen LogP contribution in [-0.4, -0.2) is 21.3 Å². The van der Waals surface area contributed by atoms with Crippen LogP contribution in [0.25, 0.3) is 11.0 Å². The van der Waals surface area contributed by atoms with Crippen LogP contribution in [0.2, 0.25) is 0 Å². The summed E-state index contributed by atoms with van der Waals surface area (Å²) in [5.74, 6) is 0. The maximum atomic E-state index is 11.5. The molecule has 0 spiro atoms. The molecule has 4 heteroatoms. The number of H-pyrrole nitrogens is 1. The van der Waals surface area contributed by atoms with Gasteiger partial charge in [0.1, 0.15) is 0 Å². The van der Waals surface area contributed by atoms with Crippen LogP contribution in [0.4, 0.5) is 0 Å². The predicted molar refractivity (Wildman–Crippen MR) is 54.3 cm³/mol. The fraction of sp³-hybridized carbons (Fsp3) is 0.300. The second kappa shape index (κ2) is 3.67. The summed E-state index contributed by atoms with van der Waals surface area (Å²) in [6.07, 6.45) is 0.599. The molecule has 0 atom stereocenters. The van der Waals surface area contributed by atoms with Crippen LogP contribution in [-0.2, 0) is 6.54 Å². The quantitative estimate of drug-likeness (QED) is 0.752. The van der Waals surface area contributed by atoms with E-state index in [0.29, 0.717) is 13.0 Å². The normalized spacial score (nSPS) is 10.9. The minimum Gasteiger partial charge on any atom is -0.396 e. The van der Waals surface area contributed by atoms with Crippen molar-refractivity contribution in [1.29, 1.82) is 0 Å². The van der Waals surface area contributed by atoms with Crippen molar-refractivity contribution < 1.29 is 5.11 Å². The van der Waals surface area contributed by atoms with Gasteiger partial charge in [0, 0.05) is 13.2 Å². The van der Waals surface area contributed by atoms with Crippen LogP contribution in [0.15, 0.2) is 29.1 Å². The molecule has 74 valence electrons. The largest absolute Gasteiger partial charge is 0.396 e. The Morgan fingerprint density at radius 1 is 1.36 bits per heavy atom. The molecule has 0 saturated heterocycles. The van der Waals surface area contributed by atoms with E-state index in [1.165, 1.54) is 0 Å². The number of fused-ring (bicyclic) bond motifs is 1. The van der Waals surface area contributed by atoms with Crippen molar-refractivity contribution in [3.63, 3.8) is 0 Å². The first-order valence-corrected chi connectivity index (χ1v) is 4.61. The third-order valence-corrected chi connectivity index (χ3v) is 2.22. The van der Waals surface area contributed by atoms with Gasteiger partial charge in [0.2, 0.25) is 0 Å². The first-order valence-electron chi connectivity index (χ1n) is 4.61. The second-order valence-corrected chi connectivity index (χ2v) is 3.18. The predicted octanol–water partition coefficient (Wildman–Crippen LogP) is 0.712. The molecule has 2 aromatic rings. The van der Waals surface area contributed by atoms with Gasteiger partial charge in [-0.2, -0.15) is 0 Å². The van der Waals surface area contributed by atoms with Crippen LogP contribution in [0.5, 0.6) is 0 Å². The summed E-state index contributed by atoms with van der Waals surface area (Å²) < 4.78 is 1.64. The highest BCUT2D eigenvalue weighted by Crippen LogP contribution is 2.08. The average Bonchev–Trinajstić information content (AvgIpc) is 2.51. The van der Waals surface area contributed by atoms with E-state index < -0.39 is 0 Å². The fourth-order valence-electron chi connectivity index (χ4n) is 1.56. The Labute approximate surface area is 80.8 Å². The van der Waals surface area contributed by atoms with Gasteiger partial charge in [0.05, 0.1) is 11.0 Å². The van der Waals surface area contributed by atoms with E-state index in [-0.39, 0.29) is 12.3 Å². The molecular weight excluding hydrogens is 180 g/mol. The Balaban J connectivity index is 2.51. The summed E-state index contributed by atoms with van der Waals surface area (Å²) in [6, 6.07) is 7.54. The molecule has 0 unspecified atom stereocenters. The van der Waals surface area contributed by atoms with E-state index in [1.807, 2.05) is 24.3 Å². The maximum absolute atomic E-state index is 11.5. The molecular formula is C10H12N2O2. The van der Waals surface area contributed by atoms with Crippen molar-refractivity contribution in [1.82, 2.24) is 9.55 Å². The first-order chi connectivity index (χ1) is 6.83. The van der Waals surface area contributed by atoms with Gasteiger partial charge in [0.15, 0.2) is 0 Å². The number of para-hydroxylation sites is 2. The molecule has 1 aromatic heterocycles. The minimum absolute atomic E-state index is 0.103. The fourth-order valence-corrected chi connectivity index (χ4v) is 1.56. The lowest BCUT2D eigenvalue weighted by Gasteiger charge is -2.00. The van der Waals surface area contributed by atoms with Crippen molar-refractivity contribution in [2.75, 3.05) is 6.61 Å². The van der Waals surface area contributed by atoms with E-state index >= 15 is 0 Å². The van der Waals surface area contributed by atoms with Crippen LogP contribution in [0.3, 0.4) is 0 Å². The summed E-state index contributed by atoms with van der Waals surface area (Å²) in [5, 5.41) is 8.70. The lowest BCUT2D eigenvalue weighted by atomic mass is 10.3. The number of imidazole rings is 1. The average molecular weight is 192 g/mol. The Bertz CT molecular complexity index is 484. The monoisotopic (exact) mass is 192 g/mol. The number of aliphatic hydroxyl groups is 1. The van der Waals surface area contributed by atoms with Crippen LogP contribution < -0.4 is 5.69 Å². The Morgan fingerprint density at radius 3 is 2.93 bits per heavy atom. The van der Waals surface area contributed by atoms with E-state index in [4.69, 9.17) is 5.11 Å². The van der Waals surface area contributed by atoms with Gasteiger partial charge in [-0.3, -0.25) is 4.57 Å². The van der Waals surface area contributed by atoms with Gasteiger partial charge in [0.25, 0.3) is 0 Å². The SMILES string of the molecule is O=c1[nH]c2ccccc2n1CCCO. The van der Waals surface area contributed by atoms with Crippen molar-refractivity contribution in [3.8, 4) is 0 Å². The lowest BCUT2D eigenvalue weighted by Crippen LogP contribution is -2.17. The van der Waals surface area contributed by atoms with E-state index in [2.05, 4.69) is 4.98 Å². The maximum Gasteiger partial charge on any atom is 0.326 e. The Hall–Kier alpha value is -1.55. The third-order valence-electron chi connectivity index (χ3n) is 2.22. The Morgan fingerprint density at radius 2 is 2.14 bits per heavy atom. The highest BCUT2D eigenvalue weighted by molar-refractivity contribution is 5.74. The van der Waals surface area contributed by atoms with Crippen molar-refractivity contribution in [3.05, 3.63) is 34.7 Å². The zero-order valence-electron chi connectivity index (χ0n) is 7.73. The van der Waals surface area contributed by atoms with E-state index in [1.54, 1.807) is 4.57 Å². The molecule has 0 fully saturated rings. The molecule has 4 nitrogen and oxygen atoms in total. The molecule has 1 heterocycles. The highest BCUT2D eigenvalue weighted by atomic mass is 16.3. The molecule has 0 radical (unpaired) electrons.